The molecule has 1 aliphatic carbocycles. The van der Waals surface area contributed by atoms with Crippen molar-refractivity contribution in [3.8, 4) is 0 Å². The summed E-state index contributed by atoms with van der Waals surface area (Å²) < 4.78 is 6.15. The average Bonchev–Trinajstić information content (AvgIpc) is 2.60. The highest BCUT2D eigenvalue weighted by atomic mass is 16.5. The molecule has 0 amide bonds. The van der Waals surface area contributed by atoms with Crippen molar-refractivity contribution < 1.29 is 4.74 Å². The minimum absolute atomic E-state index is 0.0853. The molecule has 17 heavy (non-hydrogen) atoms. The molecule has 1 aliphatic heterocycles. The van der Waals surface area contributed by atoms with Crippen molar-refractivity contribution in [3.63, 3.8) is 0 Å². The van der Waals surface area contributed by atoms with Crippen LogP contribution in [-0.2, 0) is 4.74 Å². The van der Waals surface area contributed by atoms with E-state index in [1.165, 1.54) is 57.8 Å². The fourth-order valence-corrected chi connectivity index (χ4v) is 3.88. The van der Waals surface area contributed by atoms with Gasteiger partial charge in [-0.3, -0.25) is 0 Å². The number of nitrogens with one attached hydrogen (secondary N) is 1. The number of hydrogen-bond acceptors (Lipinski definition) is 2. The molecular weight excluding hydrogens is 210 g/mol. The van der Waals surface area contributed by atoms with Crippen LogP contribution in [0.3, 0.4) is 0 Å². The molecule has 2 nitrogen and oxygen atoms in total. The fourth-order valence-electron chi connectivity index (χ4n) is 3.88. The van der Waals surface area contributed by atoms with E-state index >= 15 is 0 Å². The second kappa shape index (κ2) is 6.19. The third-order valence-corrected chi connectivity index (χ3v) is 4.84. The van der Waals surface area contributed by atoms with Gasteiger partial charge in [0.05, 0.1) is 5.60 Å². The minimum atomic E-state index is 0.0853. The SMILES string of the molecule is CNC(C1CCCCCC1)C1(C)CCCCO1. The quantitative estimate of drug-likeness (QED) is 0.761. The van der Waals surface area contributed by atoms with Crippen LogP contribution in [0.2, 0.25) is 0 Å². The van der Waals surface area contributed by atoms with E-state index in [0.29, 0.717) is 6.04 Å². The molecule has 1 saturated heterocycles. The molecule has 1 heterocycles. The monoisotopic (exact) mass is 239 g/mol. The Hall–Kier alpha value is -0.0800. The van der Waals surface area contributed by atoms with Gasteiger partial charge in [0.1, 0.15) is 0 Å². The van der Waals surface area contributed by atoms with Gasteiger partial charge < -0.3 is 10.1 Å². The Kier molecular flexibility index (Phi) is 4.87. The van der Waals surface area contributed by atoms with E-state index in [-0.39, 0.29) is 5.60 Å². The normalized spacial score (nSPS) is 34.2. The third-order valence-electron chi connectivity index (χ3n) is 4.84. The highest BCUT2D eigenvalue weighted by Gasteiger charge is 2.40. The molecule has 0 aromatic carbocycles. The van der Waals surface area contributed by atoms with Crippen LogP contribution in [0, 0.1) is 5.92 Å². The first-order valence-corrected chi connectivity index (χ1v) is 7.57. The van der Waals surface area contributed by atoms with Gasteiger partial charge in [-0.05, 0) is 52.0 Å². The fraction of sp³-hybridized carbons (Fsp3) is 1.00. The molecule has 0 radical (unpaired) electrons. The predicted molar refractivity (Wildman–Crippen MR) is 72.2 cm³/mol. The van der Waals surface area contributed by atoms with Gasteiger partial charge in [-0.1, -0.05) is 25.7 Å². The maximum Gasteiger partial charge on any atom is 0.0809 e. The molecule has 0 aromatic rings. The molecule has 0 aromatic heterocycles. The Morgan fingerprint density at radius 2 is 1.76 bits per heavy atom. The molecule has 2 unspecified atom stereocenters. The van der Waals surface area contributed by atoms with Crippen LogP contribution in [0.5, 0.6) is 0 Å². The summed E-state index contributed by atoms with van der Waals surface area (Å²) in [5, 5.41) is 3.58. The lowest BCUT2D eigenvalue weighted by Gasteiger charge is -2.44. The lowest BCUT2D eigenvalue weighted by molar-refractivity contribution is -0.100. The number of likely N-dealkylation sites (N-methyl/N-ethyl adjacent to an activating group) is 1. The predicted octanol–water partition coefficient (Wildman–Crippen LogP) is 3.50. The van der Waals surface area contributed by atoms with Crippen LogP contribution < -0.4 is 5.32 Å². The van der Waals surface area contributed by atoms with E-state index < -0.39 is 0 Å². The molecule has 0 bridgehead atoms. The summed E-state index contributed by atoms with van der Waals surface area (Å²) in [6, 6.07) is 0.556. The van der Waals surface area contributed by atoms with Gasteiger partial charge in [0.2, 0.25) is 0 Å². The standard InChI is InChI=1S/C15H29NO/c1-15(11-7-8-12-17-15)14(16-2)13-9-5-3-4-6-10-13/h13-14,16H,3-12H2,1-2H3. The second-order valence-electron chi connectivity index (χ2n) is 6.14. The summed E-state index contributed by atoms with van der Waals surface area (Å²) >= 11 is 0. The summed E-state index contributed by atoms with van der Waals surface area (Å²) in [4.78, 5) is 0. The van der Waals surface area contributed by atoms with Crippen LogP contribution in [-0.4, -0.2) is 25.3 Å². The van der Waals surface area contributed by atoms with Gasteiger partial charge in [0.25, 0.3) is 0 Å². The first kappa shape index (κ1) is 13.4. The molecule has 2 atom stereocenters. The van der Waals surface area contributed by atoms with E-state index in [2.05, 4.69) is 19.3 Å². The van der Waals surface area contributed by atoms with Gasteiger partial charge in [0, 0.05) is 12.6 Å². The van der Waals surface area contributed by atoms with Crippen LogP contribution >= 0.6 is 0 Å². The van der Waals surface area contributed by atoms with Gasteiger partial charge in [-0.2, -0.15) is 0 Å². The molecule has 1 saturated carbocycles. The Bertz CT molecular complexity index is 215. The summed E-state index contributed by atoms with van der Waals surface area (Å²) in [5.41, 5.74) is 0.0853. The maximum absolute atomic E-state index is 6.15. The van der Waals surface area contributed by atoms with Crippen LogP contribution in [0.15, 0.2) is 0 Å². The summed E-state index contributed by atoms with van der Waals surface area (Å²) in [5.74, 6) is 0.825. The van der Waals surface area contributed by atoms with Crippen molar-refractivity contribution in [2.45, 2.75) is 76.4 Å². The zero-order valence-corrected chi connectivity index (χ0v) is 11.6. The Labute approximate surface area is 107 Å². The zero-order valence-electron chi connectivity index (χ0n) is 11.6. The smallest absolute Gasteiger partial charge is 0.0809 e. The van der Waals surface area contributed by atoms with Crippen LogP contribution in [0.1, 0.15) is 64.7 Å². The number of hydrogen-bond donors (Lipinski definition) is 1. The number of rotatable bonds is 3. The van der Waals surface area contributed by atoms with Crippen molar-refractivity contribution in [1.82, 2.24) is 5.32 Å². The second-order valence-corrected chi connectivity index (χ2v) is 6.14. The third kappa shape index (κ3) is 3.23. The topological polar surface area (TPSA) is 21.3 Å². The van der Waals surface area contributed by atoms with E-state index in [4.69, 9.17) is 4.74 Å². The Morgan fingerprint density at radius 3 is 2.29 bits per heavy atom. The Morgan fingerprint density at radius 1 is 1.06 bits per heavy atom. The van der Waals surface area contributed by atoms with E-state index in [9.17, 15) is 0 Å². The summed E-state index contributed by atoms with van der Waals surface area (Å²) in [6.07, 6.45) is 12.3. The van der Waals surface area contributed by atoms with Crippen molar-refractivity contribution in [2.75, 3.05) is 13.7 Å². The van der Waals surface area contributed by atoms with Gasteiger partial charge in [-0.15, -0.1) is 0 Å². The van der Waals surface area contributed by atoms with E-state index in [1.807, 2.05) is 0 Å². The molecule has 100 valence electrons. The van der Waals surface area contributed by atoms with E-state index in [1.54, 1.807) is 0 Å². The summed E-state index contributed by atoms with van der Waals surface area (Å²) in [6.45, 7) is 3.29. The highest BCUT2D eigenvalue weighted by molar-refractivity contribution is 4.95. The summed E-state index contributed by atoms with van der Waals surface area (Å²) in [7, 11) is 2.12. The van der Waals surface area contributed by atoms with Gasteiger partial charge in [0.15, 0.2) is 0 Å². The van der Waals surface area contributed by atoms with E-state index in [0.717, 1.165) is 12.5 Å². The van der Waals surface area contributed by atoms with Crippen LogP contribution in [0.25, 0.3) is 0 Å². The first-order chi connectivity index (χ1) is 8.26. The molecule has 2 aliphatic rings. The van der Waals surface area contributed by atoms with Gasteiger partial charge >= 0.3 is 0 Å². The average molecular weight is 239 g/mol. The molecule has 2 heteroatoms. The van der Waals surface area contributed by atoms with Crippen molar-refractivity contribution >= 4 is 0 Å². The lowest BCUT2D eigenvalue weighted by Crippen LogP contribution is -2.54. The lowest BCUT2D eigenvalue weighted by atomic mass is 9.78. The van der Waals surface area contributed by atoms with Crippen molar-refractivity contribution in [2.24, 2.45) is 5.92 Å². The molecule has 2 rings (SSSR count). The first-order valence-electron chi connectivity index (χ1n) is 7.57. The molecule has 2 fully saturated rings. The molecular formula is C15H29NO. The molecule has 0 spiro atoms. The Balaban J connectivity index is 2.02. The largest absolute Gasteiger partial charge is 0.374 e. The number of ether oxygens (including phenoxy) is 1. The van der Waals surface area contributed by atoms with Gasteiger partial charge in [-0.25, -0.2) is 0 Å². The molecule has 1 N–H and O–H groups in total. The maximum atomic E-state index is 6.15. The zero-order chi connectivity index (χ0) is 12.1. The minimum Gasteiger partial charge on any atom is -0.374 e. The van der Waals surface area contributed by atoms with Crippen molar-refractivity contribution in [3.05, 3.63) is 0 Å². The van der Waals surface area contributed by atoms with Crippen LogP contribution in [0.4, 0.5) is 0 Å². The highest BCUT2D eigenvalue weighted by Crippen LogP contribution is 2.36. The van der Waals surface area contributed by atoms with Crippen molar-refractivity contribution in [1.29, 1.82) is 0 Å².